The van der Waals surface area contributed by atoms with Crippen molar-refractivity contribution in [3.63, 3.8) is 0 Å². The molecule has 0 aliphatic carbocycles. The van der Waals surface area contributed by atoms with Crippen LogP contribution in [0, 0.1) is 34.6 Å². The molecule has 0 atom stereocenters. The second kappa shape index (κ2) is 8.06. The summed E-state index contributed by atoms with van der Waals surface area (Å²) in [6.07, 6.45) is 0. The van der Waals surface area contributed by atoms with Crippen LogP contribution in [0.1, 0.15) is 27.8 Å². The predicted molar refractivity (Wildman–Crippen MR) is 100 cm³/mol. The summed E-state index contributed by atoms with van der Waals surface area (Å²) in [4.78, 5) is 0. The van der Waals surface area contributed by atoms with Crippen LogP contribution in [-0.2, 0) is 20.8 Å². The van der Waals surface area contributed by atoms with Gasteiger partial charge in [0.05, 0.1) is 0 Å². The van der Waals surface area contributed by atoms with E-state index in [-0.39, 0.29) is 0 Å². The molecule has 3 rings (SSSR count). The van der Waals surface area contributed by atoms with Crippen molar-refractivity contribution in [3.05, 3.63) is 64.2 Å². The number of fused-ring (bicyclic) bond motifs is 1. The van der Waals surface area contributed by atoms with Gasteiger partial charge in [-0.25, -0.2) is 0 Å². The first-order valence-electron chi connectivity index (χ1n) is 7.60. The maximum absolute atomic E-state index is 4.93. The Kier molecular flexibility index (Phi) is 6.60. The number of benzene rings is 2. The van der Waals surface area contributed by atoms with Crippen molar-refractivity contribution in [2.45, 2.75) is 34.6 Å². The molecule has 0 nitrogen and oxygen atoms in total. The number of hydrogen-bond donors (Lipinski definition) is 0. The predicted octanol–water partition coefficient (Wildman–Crippen LogP) is 7.14. The zero-order chi connectivity index (χ0) is 17.1. The van der Waals surface area contributed by atoms with Gasteiger partial charge in [0.2, 0.25) is 0 Å². The van der Waals surface area contributed by atoms with Crippen LogP contribution < -0.4 is 0 Å². The van der Waals surface area contributed by atoms with Gasteiger partial charge in [-0.15, -0.1) is 28.0 Å². The van der Waals surface area contributed by atoms with E-state index >= 15 is 0 Å². The summed E-state index contributed by atoms with van der Waals surface area (Å²) in [6, 6.07) is 13.5. The zero-order valence-corrected chi connectivity index (χ0v) is 18.2. The van der Waals surface area contributed by atoms with Crippen LogP contribution in [0.15, 0.2) is 36.4 Å². The van der Waals surface area contributed by atoms with E-state index in [1.807, 2.05) is 0 Å². The first-order chi connectivity index (χ1) is 10.9. The summed E-state index contributed by atoms with van der Waals surface area (Å²) in [5.74, 6) is 0. The van der Waals surface area contributed by atoms with E-state index in [1.54, 1.807) is 0 Å². The normalized spacial score (nSPS) is 10.4. The Morgan fingerprint density at radius 3 is 2.13 bits per heavy atom. The Bertz CT molecular complexity index is 831. The van der Waals surface area contributed by atoms with Crippen molar-refractivity contribution in [3.8, 4) is 11.1 Å². The SMILES string of the molecule is Cc1cccc(-c2c(C)c(C)c(C)c3[cH-]c(C)cc23)c1.[Cl][Zr][Cl]. The summed E-state index contributed by atoms with van der Waals surface area (Å²) in [7, 11) is 9.87. The second-order valence-corrected chi connectivity index (χ2v) is 9.78. The summed E-state index contributed by atoms with van der Waals surface area (Å²) in [5.41, 5.74) is 9.65. The first kappa shape index (κ1) is 18.8. The minimum atomic E-state index is -0.826. The van der Waals surface area contributed by atoms with Gasteiger partial charge in [0.15, 0.2) is 0 Å². The maximum atomic E-state index is 4.93. The van der Waals surface area contributed by atoms with Crippen molar-refractivity contribution in [1.29, 1.82) is 0 Å². The third kappa shape index (κ3) is 3.95. The Labute approximate surface area is 157 Å². The first-order valence-corrected chi connectivity index (χ1v) is 13.9. The molecule has 0 saturated heterocycles. The molecule has 0 spiro atoms. The molecule has 0 aliphatic heterocycles. The number of halogens is 2. The van der Waals surface area contributed by atoms with Gasteiger partial charge in [0, 0.05) is 0 Å². The molecule has 0 saturated carbocycles. The molecule has 3 heteroatoms. The van der Waals surface area contributed by atoms with E-state index in [1.165, 1.54) is 49.7 Å². The summed E-state index contributed by atoms with van der Waals surface area (Å²) < 4.78 is 0. The molecule has 0 aliphatic rings. The van der Waals surface area contributed by atoms with Crippen molar-refractivity contribution >= 4 is 27.8 Å². The Balaban J connectivity index is 0.000000595. The van der Waals surface area contributed by atoms with Gasteiger partial charge in [0.1, 0.15) is 0 Å². The Morgan fingerprint density at radius 1 is 0.870 bits per heavy atom. The molecule has 120 valence electrons. The topological polar surface area (TPSA) is 0 Å². The van der Waals surface area contributed by atoms with Crippen molar-refractivity contribution in [1.82, 2.24) is 0 Å². The number of rotatable bonds is 1. The van der Waals surface area contributed by atoms with Crippen LogP contribution in [0.25, 0.3) is 21.9 Å². The molecular formula is C20H21Cl2Zr-. The zero-order valence-electron chi connectivity index (χ0n) is 14.2. The van der Waals surface area contributed by atoms with Gasteiger partial charge < -0.3 is 0 Å². The Morgan fingerprint density at radius 2 is 1.52 bits per heavy atom. The molecule has 3 aromatic rings. The molecule has 0 unspecified atom stereocenters. The van der Waals surface area contributed by atoms with E-state index in [0.717, 1.165) is 0 Å². The van der Waals surface area contributed by atoms with Gasteiger partial charge in [-0.1, -0.05) is 60.4 Å². The van der Waals surface area contributed by atoms with Crippen LogP contribution >= 0.6 is 17.0 Å². The second-order valence-electron chi connectivity index (χ2n) is 6.05. The van der Waals surface area contributed by atoms with Gasteiger partial charge in [-0.3, -0.25) is 0 Å². The fourth-order valence-electron chi connectivity index (χ4n) is 3.21. The van der Waals surface area contributed by atoms with Gasteiger partial charge >= 0.3 is 37.9 Å². The summed E-state index contributed by atoms with van der Waals surface area (Å²) in [5, 5.41) is 2.80. The van der Waals surface area contributed by atoms with E-state index in [2.05, 4.69) is 71.0 Å². The van der Waals surface area contributed by atoms with Crippen molar-refractivity contribution in [2.24, 2.45) is 0 Å². The van der Waals surface area contributed by atoms with Gasteiger partial charge in [-0.05, 0) is 26.3 Å². The van der Waals surface area contributed by atoms with E-state index in [4.69, 9.17) is 17.0 Å². The summed E-state index contributed by atoms with van der Waals surface area (Å²) >= 11 is -0.826. The van der Waals surface area contributed by atoms with Gasteiger partial charge in [-0.2, -0.15) is 6.07 Å². The Hall–Kier alpha value is -0.487. The van der Waals surface area contributed by atoms with Crippen molar-refractivity contribution in [2.75, 3.05) is 0 Å². The molecule has 0 aromatic heterocycles. The molecule has 0 amide bonds. The monoisotopic (exact) mass is 421 g/mol. The standard InChI is InChI=1S/C20H21.2ClH.Zr/c1-12-7-6-8-17(9-12)20-16(5)14(3)15(4)18-10-13(2)11-19(18)20;;;/h6-11H,1-5H3;2*1H;/q-1;;;+2/p-2. The number of aryl methyl sites for hydroxylation is 3. The van der Waals surface area contributed by atoms with E-state index < -0.39 is 20.8 Å². The molecule has 3 aromatic carbocycles. The molecular weight excluding hydrogens is 402 g/mol. The average Bonchev–Trinajstić information content (AvgIpc) is 2.88. The van der Waals surface area contributed by atoms with Crippen LogP contribution in [-0.4, -0.2) is 0 Å². The van der Waals surface area contributed by atoms with Crippen LogP contribution in [0.5, 0.6) is 0 Å². The quantitative estimate of drug-likeness (QED) is 0.365. The van der Waals surface area contributed by atoms with E-state index in [0.29, 0.717) is 0 Å². The molecule has 0 fully saturated rings. The molecule has 23 heavy (non-hydrogen) atoms. The molecule has 0 radical (unpaired) electrons. The van der Waals surface area contributed by atoms with Gasteiger partial charge in [0.25, 0.3) is 0 Å². The average molecular weight is 424 g/mol. The molecule has 0 heterocycles. The third-order valence-electron chi connectivity index (χ3n) is 4.51. The van der Waals surface area contributed by atoms with Crippen LogP contribution in [0.2, 0.25) is 0 Å². The van der Waals surface area contributed by atoms with E-state index in [9.17, 15) is 0 Å². The van der Waals surface area contributed by atoms with Crippen LogP contribution in [0.4, 0.5) is 0 Å². The molecule has 0 bridgehead atoms. The van der Waals surface area contributed by atoms with Crippen molar-refractivity contribution < 1.29 is 20.8 Å². The third-order valence-corrected chi connectivity index (χ3v) is 4.51. The fourth-order valence-corrected chi connectivity index (χ4v) is 3.21. The molecule has 0 N–H and O–H groups in total. The van der Waals surface area contributed by atoms with Crippen LogP contribution in [0.3, 0.4) is 0 Å². The minimum absolute atomic E-state index is 0.826. The summed E-state index contributed by atoms with van der Waals surface area (Å²) in [6.45, 7) is 11.1. The number of hydrogen-bond acceptors (Lipinski definition) is 0. The fraction of sp³-hybridized carbons (Fsp3) is 0.250.